The Labute approximate surface area is 159 Å². The first-order valence-corrected chi connectivity index (χ1v) is 9.19. The van der Waals surface area contributed by atoms with E-state index in [1.165, 1.54) is 0 Å². The molecule has 0 aliphatic heterocycles. The number of para-hydroxylation sites is 4. The zero-order valence-corrected chi connectivity index (χ0v) is 15.8. The van der Waals surface area contributed by atoms with E-state index in [9.17, 15) is 4.79 Å². The van der Waals surface area contributed by atoms with Gasteiger partial charge < -0.3 is 19.4 Å². The first-order valence-electron chi connectivity index (χ1n) is 9.19. The predicted octanol–water partition coefficient (Wildman–Crippen LogP) is 3.54. The molecule has 0 aliphatic carbocycles. The fourth-order valence-corrected chi connectivity index (χ4v) is 2.90. The van der Waals surface area contributed by atoms with Gasteiger partial charge in [0.05, 0.1) is 18.1 Å². The summed E-state index contributed by atoms with van der Waals surface area (Å²) in [6.07, 6.45) is 2.02. The molecular weight excluding hydrogens is 342 g/mol. The van der Waals surface area contributed by atoms with E-state index in [-0.39, 0.29) is 19.1 Å². The van der Waals surface area contributed by atoms with Gasteiger partial charge in [0, 0.05) is 6.54 Å². The average molecular weight is 367 g/mol. The topological polar surface area (TPSA) is 65.4 Å². The maximum absolute atomic E-state index is 12.3. The average Bonchev–Trinajstić information content (AvgIpc) is 3.04. The van der Waals surface area contributed by atoms with Gasteiger partial charge in [-0.1, -0.05) is 37.6 Å². The van der Waals surface area contributed by atoms with Gasteiger partial charge >= 0.3 is 0 Å². The lowest BCUT2D eigenvalue weighted by Crippen LogP contribution is -2.29. The summed E-state index contributed by atoms with van der Waals surface area (Å²) in [5, 5.41) is 2.96. The summed E-state index contributed by atoms with van der Waals surface area (Å²) in [4.78, 5) is 17.0. The van der Waals surface area contributed by atoms with Gasteiger partial charge in [0.15, 0.2) is 11.5 Å². The highest BCUT2D eigenvalue weighted by atomic mass is 16.5. The number of benzene rings is 2. The molecule has 1 amide bonds. The Morgan fingerprint density at radius 1 is 1.11 bits per heavy atom. The number of fused-ring (bicyclic) bond motifs is 1. The number of rotatable bonds is 9. The number of nitrogens with one attached hydrogen (secondary N) is 1. The fourth-order valence-electron chi connectivity index (χ4n) is 2.90. The third-order valence-corrected chi connectivity index (χ3v) is 4.31. The number of imidazole rings is 1. The molecule has 3 aromatic rings. The van der Waals surface area contributed by atoms with Crippen molar-refractivity contribution in [3.63, 3.8) is 0 Å². The van der Waals surface area contributed by atoms with Crippen LogP contribution in [0, 0.1) is 0 Å². The van der Waals surface area contributed by atoms with Gasteiger partial charge in [-0.05, 0) is 30.7 Å². The molecule has 3 rings (SSSR count). The number of unbranched alkanes of at least 4 members (excludes halogenated alkanes) is 1. The number of carbonyl (C=O) groups excluding carboxylic acids is 1. The summed E-state index contributed by atoms with van der Waals surface area (Å²) in [7, 11) is 1.61. The maximum atomic E-state index is 12.3. The van der Waals surface area contributed by atoms with Crippen molar-refractivity contribution in [3.8, 4) is 11.5 Å². The van der Waals surface area contributed by atoms with E-state index in [0.717, 1.165) is 23.9 Å². The Morgan fingerprint density at radius 3 is 2.63 bits per heavy atom. The summed E-state index contributed by atoms with van der Waals surface area (Å²) in [5.74, 6) is 1.99. The van der Waals surface area contributed by atoms with Gasteiger partial charge in [-0.3, -0.25) is 4.79 Å². The lowest BCUT2D eigenvalue weighted by atomic mass is 10.3. The Kier molecular flexibility index (Phi) is 6.30. The molecule has 27 heavy (non-hydrogen) atoms. The Bertz CT molecular complexity index is 905. The van der Waals surface area contributed by atoms with Crippen molar-refractivity contribution >= 4 is 16.9 Å². The molecule has 0 atom stereocenters. The number of amides is 1. The predicted molar refractivity (Wildman–Crippen MR) is 105 cm³/mol. The van der Waals surface area contributed by atoms with Crippen LogP contribution in [0.3, 0.4) is 0 Å². The van der Waals surface area contributed by atoms with Gasteiger partial charge in [0.25, 0.3) is 0 Å². The Morgan fingerprint density at radius 2 is 1.85 bits per heavy atom. The maximum Gasteiger partial charge on any atom is 0.240 e. The minimum Gasteiger partial charge on any atom is -0.493 e. The molecule has 2 aromatic carbocycles. The highest BCUT2D eigenvalue weighted by Crippen LogP contribution is 2.27. The molecule has 0 fully saturated rings. The fraction of sp³-hybridized carbons (Fsp3) is 0.333. The van der Waals surface area contributed by atoms with Crippen LogP contribution in [0.4, 0.5) is 0 Å². The van der Waals surface area contributed by atoms with Gasteiger partial charge in [-0.15, -0.1) is 0 Å². The number of nitrogens with zero attached hydrogens (tertiary/aromatic N) is 2. The van der Waals surface area contributed by atoms with Crippen molar-refractivity contribution in [3.05, 3.63) is 54.4 Å². The van der Waals surface area contributed by atoms with E-state index in [0.29, 0.717) is 23.9 Å². The molecular formula is C21H25N3O3. The molecule has 0 saturated carbocycles. The largest absolute Gasteiger partial charge is 0.493 e. The Balaban J connectivity index is 1.80. The Hall–Kier alpha value is -3.02. The summed E-state index contributed by atoms with van der Waals surface area (Å²) < 4.78 is 13.2. The quantitative estimate of drug-likeness (QED) is 0.588. The summed E-state index contributed by atoms with van der Waals surface area (Å²) in [6.45, 7) is 3.25. The first-order chi connectivity index (χ1) is 13.2. The van der Waals surface area contributed by atoms with Gasteiger partial charge in [-0.2, -0.15) is 0 Å². The molecule has 6 heteroatoms. The van der Waals surface area contributed by atoms with Gasteiger partial charge in [0.2, 0.25) is 5.91 Å². The minimum atomic E-state index is -0.0230. The number of aromatic nitrogens is 2. The van der Waals surface area contributed by atoms with E-state index < -0.39 is 0 Å². The van der Waals surface area contributed by atoms with Crippen molar-refractivity contribution in [2.24, 2.45) is 0 Å². The zero-order valence-electron chi connectivity index (χ0n) is 15.8. The smallest absolute Gasteiger partial charge is 0.240 e. The lowest BCUT2D eigenvalue weighted by Gasteiger charge is -2.12. The number of hydrogen-bond acceptors (Lipinski definition) is 4. The second-order valence-corrected chi connectivity index (χ2v) is 6.25. The number of methoxy groups -OCH3 is 1. The van der Waals surface area contributed by atoms with Crippen molar-refractivity contribution in [1.29, 1.82) is 0 Å². The molecule has 0 unspecified atom stereocenters. The van der Waals surface area contributed by atoms with Crippen LogP contribution in [0.25, 0.3) is 11.0 Å². The van der Waals surface area contributed by atoms with Crippen LogP contribution in [0.15, 0.2) is 48.5 Å². The van der Waals surface area contributed by atoms with E-state index in [4.69, 9.17) is 9.47 Å². The molecule has 6 nitrogen and oxygen atoms in total. The van der Waals surface area contributed by atoms with Crippen LogP contribution in [-0.2, 0) is 17.9 Å². The normalized spacial score (nSPS) is 10.7. The molecule has 1 aromatic heterocycles. The molecule has 0 saturated heterocycles. The second kappa shape index (κ2) is 9.07. The molecule has 0 radical (unpaired) electrons. The van der Waals surface area contributed by atoms with Crippen molar-refractivity contribution in [2.75, 3.05) is 13.7 Å². The van der Waals surface area contributed by atoms with Crippen LogP contribution in [0.5, 0.6) is 11.5 Å². The molecule has 0 aliphatic rings. The van der Waals surface area contributed by atoms with Crippen molar-refractivity contribution in [2.45, 2.75) is 32.9 Å². The number of carbonyl (C=O) groups is 1. The molecule has 142 valence electrons. The molecule has 0 spiro atoms. The highest BCUT2D eigenvalue weighted by Gasteiger charge is 2.14. The van der Waals surface area contributed by atoms with Crippen LogP contribution in [0.1, 0.15) is 25.6 Å². The van der Waals surface area contributed by atoms with Gasteiger partial charge in [-0.25, -0.2) is 4.98 Å². The SMILES string of the molecule is CCCCNC(=O)Cn1c(COc2ccccc2OC)nc2ccccc21. The summed E-state index contributed by atoms with van der Waals surface area (Å²) in [5.41, 5.74) is 1.76. The highest BCUT2D eigenvalue weighted by molar-refractivity contribution is 5.81. The monoisotopic (exact) mass is 367 g/mol. The third kappa shape index (κ3) is 4.58. The lowest BCUT2D eigenvalue weighted by molar-refractivity contribution is -0.121. The van der Waals surface area contributed by atoms with Crippen molar-refractivity contribution < 1.29 is 14.3 Å². The molecule has 0 bridgehead atoms. The second-order valence-electron chi connectivity index (χ2n) is 6.25. The number of ether oxygens (including phenoxy) is 2. The van der Waals surface area contributed by atoms with Gasteiger partial charge in [0.1, 0.15) is 19.0 Å². The molecule has 1 N–H and O–H groups in total. The number of hydrogen-bond donors (Lipinski definition) is 1. The van der Waals surface area contributed by atoms with Crippen LogP contribution in [-0.4, -0.2) is 29.1 Å². The van der Waals surface area contributed by atoms with E-state index in [2.05, 4.69) is 17.2 Å². The standard InChI is InChI=1S/C21H25N3O3/c1-3-4-13-22-21(25)14-24-17-10-6-5-9-16(17)23-20(24)15-27-19-12-8-7-11-18(19)26-2/h5-12H,3-4,13-15H2,1-2H3,(H,22,25). The third-order valence-electron chi connectivity index (χ3n) is 4.31. The zero-order chi connectivity index (χ0) is 19.1. The summed E-state index contributed by atoms with van der Waals surface area (Å²) >= 11 is 0. The van der Waals surface area contributed by atoms with E-state index in [1.54, 1.807) is 7.11 Å². The van der Waals surface area contributed by atoms with Crippen LogP contribution < -0.4 is 14.8 Å². The first kappa shape index (κ1) is 18.8. The van der Waals surface area contributed by atoms with E-state index in [1.807, 2.05) is 53.1 Å². The minimum absolute atomic E-state index is 0.0230. The van der Waals surface area contributed by atoms with Crippen LogP contribution >= 0.6 is 0 Å². The summed E-state index contributed by atoms with van der Waals surface area (Å²) in [6, 6.07) is 15.3. The molecule has 1 heterocycles. The van der Waals surface area contributed by atoms with Crippen LogP contribution in [0.2, 0.25) is 0 Å². The van der Waals surface area contributed by atoms with Crippen molar-refractivity contribution in [1.82, 2.24) is 14.9 Å². The van der Waals surface area contributed by atoms with E-state index >= 15 is 0 Å².